The van der Waals surface area contributed by atoms with E-state index in [1.807, 2.05) is 6.92 Å². The zero-order valence-electron chi connectivity index (χ0n) is 23.7. The average molecular weight is 499 g/mol. The van der Waals surface area contributed by atoms with Crippen molar-refractivity contribution >= 4 is 14.3 Å². The maximum Gasteiger partial charge on any atom is 0.308 e. The highest BCUT2D eigenvalue weighted by molar-refractivity contribution is 6.70. The van der Waals surface area contributed by atoms with Crippen LogP contribution in [0.15, 0.2) is 35.6 Å². The second-order valence-electron chi connectivity index (χ2n) is 13.8. The van der Waals surface area contributed by atoms with Gasteiger partial charge in [-0.2, -0.15) is 0 Å². The van der Waals surface area contributed by atoms with E-state index in [-0.39, 0.29) is 17.3 Å². The number of ether oxygens (including phenoxy) is 1. The third-order valence-corrected chi connectivity index (χ3v) is 11.3. The van der Waals surface area contributed by atoms with E-state index in [1.165, 1.54) is 44.8 Å². The van der Waals surface area contributed by atoms with E-state index >= 15 is 0 Å². The SMILES string of the molecule is COC(=O)C(C)CCCC(C)[C@H]1CCC2C3C=CC4=CC(O[Si](C)(C)C)=CC[C@]4(C)C3CC[C@@]21C. The van der Waals surface area contributed by atoms with Gasteiger partial charge in [0.05, 0.1) is 18.8 Å². The van der Waals surface area contributed by atoms with Crippen molar-refractivity contribution < 1.29 is 14.0 Å². The fourth-order valence-electron chi connectivity index (χ4n) is 8.50. The van der Waals surface area contributed by atoms with Crippen molar-refractivity contribution in [3.63, 3.8) is 0 Å². The Labute approximate surface area is 215 Å². The van der Waals surface area contributed by atoms with Gasteiger partial charge in [-0.15, -0.1) is 0 Å². The van der Waals surface area contributed by atoms with Crippen molar-refractivity contribution in [3.8, 4) is 0 Å². The highest BCUT2D eigenvalue weighted by atomic mass is 28.4. The van der Waals surface area contributed by atoms with Gasteiger partial charge in [-0.3, -0.25) is 4.79 Å². The zero-order valence-corrected chi connectivity index (χ0v) is 24.7. The number of methoxy groups -OCH3 is 1. The summed E-state index contributed by atoms with van der Waals surface area (Å²) in [6.07, 6.45) is 19.7. The van der Waals surface area contributed by atoms with E-state index in [4.69, 9.17) is 9.16 Å². The number of rotatable bonds is 8. The molecule has 35 heavy (non-hydrogen) atoms. The molecule has 0 bridgehead atoms. The van der Waals surface area contributed by atoms with Gasteiger partial charge < -0.3 is 9.16 Å². The molecule has 0 saturated heterocycles. The lowest BCUT2D eigenvalue weighted by Crippen LogP contribution is -2.49. The Bertz CT molecular complexity index is 895. The van der Waals surface area contributed by atoms with Crippen LogP contribution in [-0.4, -0.2) is 21.4 Å². The number of carbonyl (C=O) groups excluding carboxylic acids is 1. The average Bonchev–Trinajstić information content (AvgIpc) is 3.15. The minimum atomic E-state index is -1.59. The lowest BCUT2D eigenvalue weighted by atomic mass is 9.48. The second kappa shape index (κ2) is 9.87. The van der Waals surface area contributed by atoms with Crippen LogP contribution in [0.2, 0.25) is 19.6 Å². The van der Waals surface area contributed by atoms with Crippen LogP contribution in [0, 0.1) is 46.3 Å². The number of hydrogen-bond donors (Lipinski definition) is 0. The molecule has 0 aliphatic heterocycles. The summed E-state index contributed by atoms with van der Waals surface area (Å²) in [7, 11) is -0.0900. The predicted octanol–water partition coefficient (Wildman–Crippen LogP) is 8.30. The third kappa shape index (κ3) is 5.11. The van der Waals surface area contributed by atoms with Crippen molar-refractivity contribution in [2.75, 3.05) is 7.11 Å². The van der Waals surface area contributed by atoms with Crippen LogP contribution in [-0.2, 0) is 14.0 Å². The molecule has 3 nitrogen and oxygen atoms in total. The highest BCUT2D eigenvalue weighted by Crippen LogP contribution is 2.66. The van der Waals surface area contributed by atoms with Gasteiger partial charge >= 0.3 is 5.97 Å². The van der Waals surface area contributed by atoms with Crippen LogP contribution in [0.4, 0.5) is 0 Å². The van der Waals surface area contributed by atoms with E-state index in [9.17, 15) is 4.79 Å². The monoisotopic (exact) mass is 498 g/mol. The van der Waals surface area contributed by atoms with Crippen molar-refractivity contribution in [1.29, 1.82) is 0 Å². The van der Waals surface area contributed by atoms with Gasteiger partial charge in [0.1, 0.15) is 0 Å². The first-order valence-electron chi connectivity index (χ1n) is 14.3. The van der Waals surface area contributed by atoms with Crippen LogP contribution in [0.25, 0.3) is 0 Å². The number of allylic oxidation sites excluding steroid dienone is 5. The van der Waals surface area contributed by atoms with Crippen LogP contribution in [0.1, 0.15) is 79.1 Å². The zero-order chi connectivity index (χ0) is 25.6. The van der Waals surface area contributed by atoms with Gasteiger partial charge in [0, 0.05) is 0 Å². The first-order valence-corrected chi connectivity index (χ1v) is 17.7. The number of carbonyl (C=O) groups is 1. The Morgan fingerprint density at radius 1 is 1.11 bits per heavy atom. The van der Waals surface area contributed by atoms with Crippen molar-refractivity contribution in [1.82, 2.24) is 0 Å². The molecule has 0 spiro atoms. The minimum Gasteiger partial charge on any atom is -0.545 e. The molecule has 0 heterocycles. The van der Waals surface area contributed by atoms with Gasteiger partial charge in [0.25, 0.3) is 0 Å². The smallest absolute Gasteiger partial charge is 0.308 e. The standard InChI is InChI=1S/C31H50O3Si/c1-21(10-9-11-22(2)29(32)33-5)26-14-15-27-25-13-12-23-20-24(34-35(6,7)8)16-18-30(23,3)28(25)17-19-31(26,27)4/h12-13,16,20-22,25-28H,9-11,14-15,17-19H2,1-8H3/t21?,22?,25?,26-,27?,28?,30+,31-/m1/s1. The predicted molar refractivity (Wildman–Crippen MR) is 147 cm³/mol. The van der Waals surface area contributed by atoms with Crippen LogP contribution >= 0.6 is 0 Å². The molecule has 0 aromatic rings. The van der Waals surface area contributed by atoms with Crippen LogP contribution in [0.5, 0.6) is 0 Å². The van der Waals surface area contributed by atoms with Gasteiger partial charge in [0.2, 0.25) is 8.32 Å². The lowest BCUT2D eigenvalue weighted by Gasteiger charge is -2.56. The lowest BCUT2D eigenvalue weighted by molar-refractivity contribution is -0.145. The summed E-state index contributed by atoms with van der Waals surface area (Å²) in [5.74, 6) is 4.86. The molecular formula is C31H50O3Si. The molecular weight excluding hydrogens is 448 g/mol. The first kappa shape index (κ1) is 26.8. The Morgan fingerprint density at radius 3 is 2.54 bits per heavy atom. The van der Waals surface area contributed by atoms with E-state index in [0.717, 1.165) is 48.7 Å². The summed E-state index contributed by atoms with van der Waals surface area (Å²) in [4.78, 5) is 11.8. The van der Waals surface area contributed by atoms with Gasteiger partial charge in [-0.1, -0.05) is 52.7 Å². The fraction of sp³-hybridized carbons (Fsp3) is 0.774. The summed E-state index contributed by atoms with van der Waals surface area (Å²) in [5.41, 5.74) is 2.20. The van der Waals surface area contributed by atoms with Gasteiger partial charge in [-0.05, 0) is 116 Å². The Kier molecular flexibility index (Phi) is 7.55. The third-order valence-electron chi connectivity index (χ3n) is 10.4. The van der Waals surface area contributed by atoms with Gasteiger partial charge in [0.15, 0.2) is 0 Å². The molecule has 0 aromatic carbocycles. The summed E-state index contributed by atoms with van der Waals surface area (Å²) in [6.45, 7) is 16.5. The largest absolute Gasteiger partial charge is 0.545 e. The van der Waals surface area contributed by atoms with Crippen molar-refractivity contribution in [2.45, 2.75) is 98.7 Å². The van der Waals surface area contributed by atoms with E-state index in [0.29, 0.717) is 11.3 Å². The normalized spacial score (nSPS) is 37.8. The molecule has 5 unspecified atom stereocenters. The van der Waals surface area contributed by atoms with Crippen LogP contribution in [0.3, 0.4) is 0 Å². The molecule has 0 N–H and O–H groups in total. The summed E-state index contributed by atoms with van der Waals surface area (Å²) in [6, 6.07) is 0. The first-order chi connectivity index (χ1) is 16.4. The van der Waals surface area contributed by atoms with E-state index in [1.54, 1.807) is 0 Å². The second-order valence-corrected chi connectivity index (χ2v) is 18.2. The molecule has 8 atom stereocenters. The Hall–Kier alpha value is -1.29. The van der Waals surface area contributed by atoms with Crippen molar-refractivity contribution in [2.24, 2.45) is 46.3 Å². The summed E-state index contributed by atoms with van der Waals surface area (Å²) in [5, 5.41) is 0. The Morgan fingerprint density at radius 2 is 1.86 bits per heavy atom. The molecule has 4 rings (SSSR count). The summed E-state index contributed by atoms with van der Waals surface area (Å²) >= 11 is 0. The molecule has 4 aliphatic carbocycles. The molecule has 0 radical (unpaired) electrons. The number of hydrogen-bond acceptors (Lipinski definition) is 3. The van der Waals surface area contributed by atoms with Crippen LogP contribution < -0.4 is 0 Å². The molecule has 4 aliphatic rings. The van der Waals surface area contributed by atoms with Crippen molar-refractivity contribution in [3.05, 3.63) is 35.6 Å². The molecule has 2 fully saturated rings. The molecule has 196 valence electrons. The maximum atomic E-state index is 11.8. The molecule has 0 amide bonds. The number of esters is 1. The molecule has 0 aromatic heterocycles. The number of fused-ring (bicyclic) bond motifs is 5. The van der Waals surface area contributed by atoms with E-state index < -0.39 is 8.32 Å². The van der Waals surface area contributed by atoms with Gasteiger partial charge in [-0.25, -0.2) is 0 Å². The quantitative estimate of drug-likeness (QED) is 0.249. The van der Waals surface area contributed by atoms with E-state index in [2.05, 4.69) is 64.7 Å². The molecule has 4 heteroatoms. The summed E-state index contributed by atoms with van der Waals surface area (Å²) < 4.78 is 11.3. The highest BCUT2D eigenvalue weighted by Gasteiger charge is 2.58. The minimum absolute atomic E-state index is 0.0196. The Balaban J connectivity index is 1.44. The molecule has 2 saturated carbocycles. The topological polar surface area (TPSA) is 35.5 Å². The fourth-order valence-corrected chi connectivity index (χ4v) is 9.35. The maximum absolute atomic E-state index is 11.8.